The van der Waals surface area contributed by atoms with Crippen LogP contribution in [0.15, 0.2) is 18.2 Å². The first-order valence-electron chi connectivity index (χ1n) is 3.19. The monoisotopic (exact) mass is 163 g/mol. The molecule has 3 nitrogen and oxygen atoms in total. The van der Waals surface area contributed by atoms with Crippen molar-refractivity contribution in [3.8, 4) is 6.07 Å². The van der Waals surface area contributed by atoms with Gasteiger partial charge in [0, 0.05) is 5.56 Å². The SMILES string of the molecule is N#Cc1cc(C(=N)N)ccc1F. The van der Waals surface area contributed by atoms with Gasteiger partial charge in [-0.3, -0.25) is 5.41 Å². The van der Waals surface area contributed by atoms with Gasteiger partial charge in [-0.15, -0.1) is 0 Å². The van der Waals surface area contributed by atoms with Gasteiger partial charge in [0.2, 0.25) is 0 Å². The quantitative estimate of drug-likeness (QED) is 0.478. The van der Waals surface area contributed by atoms with Crippen LogP contribution in [0.1, 0.15) is 11.1 Å². The van der Waals surface area contributed by atoms with Crippen LogP contribution in [0.4, 0.5) is 4.39 Å². The molecule has 0 aliphatic carbocycles. The van der Waals surface area contributed by atoms with E-state index < -0.39 is 5.82 Å². The molecule has 0 fully saturated rings. The van der Waals surface area contributed by atoms with Crippen molar-refractivity contribution < 1.29 is 4.39 Å². The van der Waals surface area contributed by atoms with E-state index in [2.05, 4.69) is 0 Å². The fourth-order valence-corrected chi connectivity index (χ4v) is 0.778. The van der Waals surface area contributed by atoms with Crippen LogP contribution in [-0.4, -0.2) is 5.84 Å². The number of rotatable bonds is 1. The van der Waals surface area contributed by atoms with Crippen LogP contribution in [0.2, 0.25) is 0 Å². The summed E-state index contributed by atoms with van der Waals surface area (Å²) in [6.45, 7) is 0. The minimum Gasteiger partial charge on any atom is -0.384 e. The lowest BCUT2D eigenvalue weighted by Gasteiger charge is -1.98. The van der Waals surface area contributed by atoms with E-state index in [9.17, 15) is 4.39 Å². The van der Waals surface area contributed by atoms with Gasteiger partial charge >= 0.3 is 0 Å². The molecule has 0 spiro atoms. The van der Waals surface area contributed by atoms with Gasteiger partial charge in [0.15, 0.2) is 0 Å². The zero-order valence-electron chi connectivity index (χ0n) is 6.13. The number of hydrogen-bond donors (Lipinski definition) is 2. The summed E-state index contributed by atoms with van der Waals surface area (Å²) in [6.07, 6.45) is 0. The van der Waals surface area contributed by atoms with Crippen LogP contribution < -0.4 is 5.73 Å². The third kappa shape index (κ3) is 1.40. The second kappa shape index (κ2) is 3.01. The first-order chi connectivity index (χ1) is 5.65. The molecule has 0 aromatic heterocycles. The Hall–Kier alpha value is -1.89. The zero-order chi connectivity index (χ0) is 9.14. The van der Waals surface area contributed by atoms with E-state index in [0.29, 0.717) is 5.56 Å². The number of halogens is 1. The van der Waals surface area contributed by atoms with Gasteiger partial charge in [0.05, 0.1) is 5.56 Å². The zero-order valence-corrected chi connectivity index (χ0v) is 6.13. The Morgan fingerprint density at radius 1 is 1.58 bits per heavy atom. The molecular weight excluding hydrogens is 157 g/mol. The normalized spacial score (nSPS) is 9.00. The largest absolute Gasteiger partial charge is 0.384 e. The molecule has 0 heterocycles. The molecule has 12 heavy (non-hydrogen) atoms. The average Bonchev–Trinajstić information content (AvgIpc) is 2.05. The first-order valence-corrected chi connectivity index (χ1v) is 3.19. The lowest BCUT2D eigenvalue weighted by molar-refractivity contribution is 0.624. The van der Waals surface area contributed by atoms with Crippen LogP contribution in [0.5, 0.6) is 0 Å². The molecule has 0 aliphatic heterocycles. The highest BCUT2D eigenvalue weighted by atomic mass is 19.1. The van der Waals surface area contributed by atoms with E-state index in [1.54, 1.807) is 6.07 Å². The molecule has 0 radical (unpaired) electrons. The lowest BCUT2D eigenvalue weighted by Crippen LogP contribution is -2.11. The molecule has 0 atom stereocenters. The molecule has 0 saturated heterocycles. The van der Waals surface area contributed by atoms with Crippen molar-refractivity contribution in [1.29, 1.82) is 10.7 Å². The smallest absolute Gasteiger partial charge is 0.140 e. The van der Waals surface area contributed by atoms with Crippen molar-refractivity contribution in [3.05, 3.63) is 35.1 Å². The molecule has 1 aromatic rings. The molecule has 0 unspecified atom stereocenters. The van der Waals surface area contributed by atoms with Crippen LogP contribution in [0, 0.1) is 22.6 Å². The van der Waals surface area contributed by atoms with Gasteiger partial charge in [-0.1, -0.05) is 0 Å². The Morgan fingerprint density at radius 3 is 2.75 bits per heavy atom. The Bertz CT molecular complexity index is 365. The number of nitrogen functional groups attached to an aromatic ring is 1. The average molecular weight is 163 g/mol. The van der Waals surface area contributed by atoms with Crippen LogP contribution in [0.3, 0.4) is 0 Å². The van der Waals surface area contributed by atoms with Gasteiger partial charge < -0.3 is 5.73 Å². The summed E-state index contributed by atoms with van der Waals surface area (Å²) < 4.78 is 12.7. The Morgan fingerprint density at radius 2 is 2.25 bits per heavy atom. The Kier molecular flexibility index (Phi) is 2.06. The van der Waals surface area contributed by atoms with Gasteiger partial charge in [0.25, 0.3) is 0 Å². The summed E-state index contributed by atoms with van der Waals surface area (Å²) in [4.78, 5) is 0. The van der Waals surface area contributed by atoms with Crippen LogP contribution >= 0.6 is 0 Å². The summed E-state index contributed by atoms with van der Waals surface area (Å²) in [5.74, 6) is -0.769. The molecule has 0 bridgehead atoms. The second-order valence-corrected chi connectivity index (χ2v) is 2.22. The minimum absolute atomic E-state index is 0.0947. The summed E-state index contributed by atoms with van der Waals surface area (Å²) in [7, 11) is 0. The number of hydrogen-bond acceptors (Lipinski definition) is 2. The van der Waals surface area contributed by atoms with Crippen LogP contribution in [-0.2, 0) is 0 Å². The number of benzene rings is 1. The van der Waals surface area contributed by atoms with E-state index in [-0.39, 0.29) is 11.4 Å². The minimum atomic E-state index is -0.595. The molecule has 4 heteroatoms. The fourth-order valence-electron chi connectivity index (χ4n) is 0.778. The Balaban J connectivity index is 3.25. The molecule has 0 saturated carbocycles. The third-order valence-corrected chi connectivity index (χ3v) is 1.40. The molecule has 1 rings (SSSR count). The predicted octanol–water partition coefficient (Wildman–Crippen LogP) is 0.981. The fraction of sp³-hybridized carbons (Fsp3) is 0. The number of nitrogens with zero attached hydrogens (tertiary/aromatic N) is 1. The van der Waals surface area contributed by atoms with Gasteiger partial charge in [-0.2, -0.15) is 5.26 Å². The van der Waals surface area contributed by atoms with Crippen LogP contribution in [0.25, 0.3) is 0 Å². The maximum Gasteiger partial charge on any atom is 0.140 e. The highest BCUT2D eigenvalue weighted by molar-refractivity contribution is 5.95. The van der Waals surface area contributed by atoms with Crippen molar-refractivity contribution in [2.24, 2.45) is 5.73 Å². The van der Waals surface area contributed by atoms with Gasteiger partial charge in [-0.05, 0) is 18.2 Å². The van der Waals surface area contributed by atoms with E-state index in [0.717, 1.165) is 6.07 Å². The van der Waals surface area contributed by atoms with Crippen molar-refractivity contribution in [2.75, 3.05) is 0 Å². The molecular formula is C8H6FN3. The number of amidine groups is 1. The predicted molar refractivity (Wildman–Crippen MR) is 42.1 cm³/mol. The lowest BCUT2D eigenvalue weighted by atomic mass is 10.1. The topological polar surface area (TPSA) is 73.7 Å². The van der Waals surface area contributed by atoms with Crippen molar-refractivity contribution in [3.63, 3.8) is 0 Å². The summed E-state index contributed by atoms with van der Waals surface area (Å²) >= 11 is 0. The number of nitrogens with one attached hydrogen (secondary N) is 1. The maximum atomic E-state index is 12.7. The van der Waals surface area contributed by atoms with Crippen molar-refractivity contribution >= 4 is 5.84 Å². The molecule has 1 aromatic carbocycles. The standard InChI is InChI=1S/C8H6FN3/c9-7-2-1-5(8(11)12)3-6(7)4-10/h1-3H,(H3,11,12). The summed E-state index contributed by atoms with van der Waals surface area (Å²) in [5, 5.41) is 15.4. The van der Waals surface area contributed by atoms with E-state index in [4.69, 9.17) is 16.4 Å². The first kappa shape index (κ1) is 8.21. The Labute approximate surface area is 68.7 Å². The molecule has 0 amide bonds. The highest BCUT2D eigenvalue weighted by Gasteiger charge is 2.03. The summed E-state index contributed by atoms with van der Waals surface area (Å²) in [6, 6.07) is 5.39. The van der Waals surface area contributed by atoms with E-state index in [1.807, 2.05) is 0 Å². The molecule has 3 N–H and O–H groups in total. The third-order valence-electron chi connectivity index (χ3n) is 1.40. The van der Waals surface area contributed by atoms with Crippen molar-refractivity contribution in [1.82, 2.24) is 0 Å². The molecule has 60 valence electrons. The van der Waals surface area contributed by atoms with E-state index >= 15 is 0 Å². The van der Waals surface area contributed by atoms with Gasteiger partial charge in [-0.25, -0.2) is 4.39 Å². The second-order valence-electron chi connectivity index (χ2n) is 2.22. The van der Waals surface area contributed by atoms with E-state index in [1.165, 1.54) is 12.1 Å². The number of nitrogens with two attached hydrogens (primary N) is 1. The maximum absolute atomic E-state index is 12.7. The molecule has 0 aliphatic rings. The van der Waals surface area contributed by atoms with Gasteiger partial charge in [0.1, 0.15) is 17.7 Å². The van der Waals surface area contributed by atoms with Crippen molar-refractivity contribution in [2.45, 2.75) is 0 Å². The summed E-state index contributed by atoms with van der Waals surface area (Å²) in [5.41, 5.74) is 5.40. The highest BCUT2D eigenvalue weighted by Crippen LogP contribution is 2.08. The number of nitriles is 1.